The molecule has 2 aromatic carbocycles. The van der Waals surface area contributed by atoms with Crippen LogP contribution in [0.5, 0.6) is 5.75 Å². The molecule has 5 nitrogen and oxygen atoms in total. The van der Waals surface area contributed by atoms with Gasteiger partial charge in [-0.2, -0.15) is 0 Å². The van der Waals surface area contributed by atoms with E-state index in [-0.39, 0.29) is 18.4 Å². The molecule has 2 heterocycles. The van der Waals surface area contributed by atoms with Crippen LogP contribution in [0.3, 0.4) is 0 Å². The van der Waals surface area contributed by atoms with E-state index in [4.69, 9.17) is 9.47 Å². The van der Waals surface area contributed by atoms with E-state index in [1.54, 1.807) is 6.07 Å². The lowest BCUT2D eigenvalue weighted by atomic mass is 10.0. The summed E-state index contributed by atoms with van der Waals surface area (Å²) in [5.41, 5.74) is 3.09. The number of rotatable bonds is 6. The number of amides is 1. The van der Waals surface area contributed by atoms with E-state index >= 15 is 0 Å². The van der Waals surface area contributed by atoms with Gasteiger partial charge < -0.3 is 14.8 Å². The largest absolute Gasteiger partial charge is 0.488 e. The van der Waals surface area contributed by atoms with Crippen molar-refractivity contribution in [1.82, 2.24) is 5.32 Å². The average molecular weight is 407 g/mol. The van der Waals surface area contributed by atoms with Gasteiger partial charge in [-0.05, 0) is 29.7 Å². The summed E-state index contributed by atoms with van der Waals surface area (Å²) in [6, 6.07) is 19.5. The van der Waals surface area contributed by atoms with E-state index in [0.717, 1.165) is 27.3 Å². The van der Waals surface area contributed by atoms with Gasteiger partial charge >= 0.3 is 5.97 Å². The molecule has 6 heteroatoms. The number of para-hydroxylation sites is 1. The molecule has 29 heavy (non-hydrogen) atoms. The van der Waals surface area contributed by atoms with Gasteiger partial charge in [-0.25, -0.2) is 4.79 Å². The zero-order valence-corrected chi connectivity index (χ0v) is 16.8. The van der Waals surface area contributed by atoms with E-state index < -0.39 is 5.97 Å². The predicted octanol–water partition coefficient (Wildman–Crippen LogP) is 4.38. The number of hydrogen-bond donors (Lipinski definition) is 1. The van der Waals surface area contributed by atoms with Crippen molar-refractivity contribution in [2.45, 2.75) is 19.4 Å². The SMILES string of the molecule is C[C@@H](CNC(=O)COC(=O)c1cc2c(s1)-c1ccccc1OC2)c1ccccc1. The van der Waals surface area contributed by atoms with Crippen LogP contribution in [0.4, 0.5) is 0 Å². The maximum absolute atomic E-state index is 12.4. The van der Waals surface area contributed by atoms with Crippen LogP contribution >= 0.6 is 11.3 Å². The molecule has 1 N–H and O–H groups in total. The summed E-state index contributed by atoms with van der Waals surface area (Å²) in [7, 11) is 0. The summed E-state index contributed by atoms with van der Waals surface area (Å²) in [5.74, 6) is 0.192. The van der Waals surface area contributed by atoms with Crippen LogP contribution in [0.2, 0.25) is 0 Å². The Kier molecular flexibility index (Phi) is 5.62. The topological polar surface area (TPSA) is 64.6 Å². The van der Waals surface area contributed by atoms with Crippen molar-refractivity contribution in [3.63, 3.8) is 0 Å². The second-order valence-electron chi connectivity index (χ2n) is 6.94. The van der Waals surface area contributed by atoms with Crippen molar-refractivity contribution in [3.8, 4) is 16.2 Å². The third-order valence-corrected chi connectivity index (χ3v) is 6.02. The first-order valence-corrected chi connectivity index (χ1v) is 10.3. The van der Waals surface area contributed by atoms with Gasteiger partial charge in [0.05, 0.1) is 0 Å². The third kappa shape index (κ3) is 4.32. The predicted molar refractivity (Wildman–Crippen MR) is 112 cm³/mol. The first-order valence-electron chi connectivity index (χ1n) is 9.45. The van der Waals surface area contributed by atoms with Crippen LogP contribution in [0.15, 0.2) is 60.7 Å². The number of carbonyl (C=O) groups is 2. The highest BCUT2D eigenvalue weighted by Gasteiger charge is 2.23. The van der Waals surface area contributed by atoms with Gasteiger partial charge in [0.25, 0.3) is 5.91 Å². The number of hydrogen-bond acceptors (Lipinski definition) is 5. The Hall–Kier alpha value is -3.12. The van der Waals surface area contributed by atoms with Crippen LogP contribution < -0.4 is 10.1 Å². The number of fused-ring (bicyclic) bond motifs is 3. The van der Waals surface area contributed by atoms with E-state index in [9.17, 15) is 9.59 Å². The molecule has 1 aromatic heterocycles. The molecule has 1 amide bonds. The number of nitrogens with one attached hydrogen (secondary N) is 1. The number of benzene rings is 2. The Morgan fingerprint density at radius 1 is 1.14 bits per heavy atom. The van der Waals surface area contributed by atoms with E-state index in [1.807, 2.05) is 61.5 Å². The maximum Gasteiger partial charge on any atom is 0.348 e. The first-order chi connectivity index (χ1) is 14.1. The summed E-state index contributed by atoms with van der Waals surface area (Å²) >= 11 is 1.37. The van der Waals surface area contributed by atoms with Gasteiger partial charge in [0.2, 0.25) is 0 Å². The summed E-state index contributed by atoms with van der Waals surface area (Å²) in [6.07, 6.45) is 0. The lowest BCUT2D eigenvalue weighted by molar-refractivity contribution is -0.124. The second kappa shape index (κ2) is 8.49. The van der Waals surface area contributed by atoms with Crippen LogP contribution in [-0.4, -0.2) is 25.0 Å². The van der Waals surface area contributed by atoms with Crippen molar-refractivity contribution >= 4 is 23.2 Å². The number of thiophene rings is 1. The average Bonchev–Trinajstić information content (AvgIpc) is 3.21. The van der Waals surface area contributed by atoms with E-state index in [2.05, 4.69) is 5.32 Å². The van der Waals surface area contributed by atoms with Crippen molar-refractivity contribution in [3.05, 3.63) is 76.7 Å². The van der Waals surface area contributed by atoms with Gasteiger partial charge in [-0.3, -0.25) is 4.79 Å². The molecule has 1 aliphatic heterocycles. The number of esters is 1. The van der Waals surface area contributed by atoms with E-state index in [0.29, 0.717) is 18.0 Å². The Bertz CT molecular complexity index is 1030. The molecule has 148 valence electrons. The molecular formula is C23H21NO4S. The molecule has 1 atom stereocenters. The van der Waals surface area contributed by atoms with Gasteiger partial charge in [0.15, 0.2) is 6.61 Å². The van der Waals surface area contributed by atoms with Crippen LogP contribution in [-0.2, 0) is 16.1 Å². The molecule has 0 unspecified atom stereocenters. The minimum absolute atomic E-state index is 0.181. The minimum atomic E-state index is -0.492. The molecule has 0 saturated carbocycles. The molecule has 0 aliphatic carbocycles. The Morgan fingerprint density at radius 2 is 1.90 bits per heavy atom. The molecule has 3 aromatic rings. The van der Waals surface area contributed by atoms with Gasteiger partial charge in [-0.1, -0.05) is 49.4 Å². The zero-order valence-electron chi connectivity index (χ0n) is 16.0. The van der Waals surface area contributed by atoms with Crippen molar-refractivity contribution in [2.24, 2.45) is 0 Å². The smallest absolute Gasteiger partial charge is 0.348 e. The Morgan fingerprint density at radius 3 is 2.72 bits per heavy atom. The summed E-state index contributed by atoms with van der Waals surface area (Å²) < 4.78 is 10.9. The lowest BCUT2D eigenvalue weighted by Gasteiger charge is -2.16. The molecule has 0 saturated heterocycles. The normalized spacial score (nSPS) is 12.9. The quantitative estimate of drug-likeness (QED) is 0.616. The fourth-order valence-electron chi connectivity index (χ4n) is 3.22. The van der Waals surface area contributed by atoms with Crippen LogP contribution in [0, 0.1) is 0 Å². The molecule has 0 spiro atoms. The van der Waals surface area contributed by atoms with Crippen molar-refractivity contribution in [1.29, 1.82) is 0 Å². The molecule has 0 bridgehead atoms. The molecule has 0 radical (unpaired) electrons. The highest BCUT2D eigenvalue weighted by atomic mass is 32.1. The lowest BCUT2D eigenvalue weighted by Crippen LogP contribution is -2.31. The zero-order chi connectivity index (χ0) is 20.2. The fraction of sp³-hybridized carbons (Fsp3) is 0.217. The first kappa shape index (κ1) is 19.2. The van der Waals surface area contributed by atoms with Crippen molar-refractivity contribution < 1.29 is 19.1 Å². The van der Waals surface area contributed by atoms with E-state index in [1.165, 1.54) is 11.3 Å². The van der Waals surface area contributed by atoms with Gasteiger partial charge in [0.1, 0.15) is 17.2 Å². The van der Waals surface area contributed by atoms with Crippen molar-refractivity contribution in [2.75, 3.05) is 13.2 Å². The van der Waals surface area contributed by atoms with Gasteiger partial charge in [0, 0.05) is 22.5 Å². The summed E-state index contributed by atoms with van der Waals surface area (Å²) in [4.78, 5) is 26.0. The summed E-state index contributed by atoms with van der Waals surface area (Å²) in [6.45, 7) is 2.66. The highest BCUT2D eigenvalue weighted by molar-refractivity contribution is 7.17. The Balaban J connectivity index is 1.32. The summed E-state index contributed by atoms with van der Waals surface area (Å²) in [5, 5.41) is 2.82. The minimum Gasteiger partial charge on any atom is -0.488 e. The second-order valence-corrected chi connectivity index (χ2v) is 7.99. The monoisotopic (exact) mass is 407 g/mol. The molecule has 4 rings (SSSR count). The fourth-order valence-corrected chi connectivity index (χ4v) is 4.31. The number of ether oxygens (including phenoxy) is 2. The van der Waals surface area contributed by atoms with Crippen LogP contribution in [0.25, 0.3) is 10.4 Å². The maximum atomic E-state index is 12.4. The van der Waals surface area contributed by atoms with Crippen LogP contribution in [0.1, 0.15) is 33.6 Å². The standard InChI is InChI=1S/C23H21NO4S/c1-15(16-7-3-2-4-8-16)12-24-21(25)14-28-23(26)20-11-17-13-27-19-10-6-5-9-18(19)22(17)29-20/h2-11,15H,12-14H2,1H3,(H,24,25)/t15-/m0/s1. The molecule has 1 aliphatic rings. The number of carbonyl (C=O) groups excluding carboxylic acids is 2. The highest BCUT2D eigenvalue weighted by Crippen LogP contribution is 2.42. The molecule has 0 fully saturated rings. The molecular weight excluding hydrogens is 386 g/mol. The Labute approximate surface area is 173 Å². The van der Waals surface area contributed by atoms with Gasteiger partial charge in [-0.15, -0.1) is 11.3 Å². The third-order valence-electron chi connectivity index (χ3n) is 4.83.